The highest BCUT2D eigenvalue weighted by atomic mass is 32.1. The van der Waals surface area contributed by atoms with E-state index in [0.717, 1.165) is 17.7 Å². The lowest BCUT2D eigenvalue weighted by molar-refractivity contribution is 0.844. The Morgan fingerprint density at radius 2 is 1.89 bits per heavy atom. The standard InChI is InChI=1S/C15H18N2S/c1-4-11-5-7-12(8-6-11)14-13(10(2)3)15(18)17-9-16-14/h5-10H,4H2,1-3H3,(H,16,17,18). The molecule has 0 saturated heterocycles. The molecule has 1 aromatic heterocycles. The van der Waals surface area contributed by atoms with Gasteiger partial charge in [0, 0.05) is 5.56 Å². The van der Waals surface area contributed by atoms with E-state index in [9.17, 15) is 0 Å². The summed E-state index contributed by atoms with van der Waals surface area (Å²) >= 11 is 5.33. The zero-order valence-corrected chi connectivity index (χ0v) is 11.8. The highest BCUT2D eigenvalue weighted by Gasteiger charge is 2.11. The second-order valence-corrected chi connectivity index (χ2v) is 5.09. The molecule has 2 nitrogen and oxygen atoms in total. The molecule has 0 unspecified atom stereocenters. The number of rotatable bonds is 3. The first kappa shape index (κ1) is 13.0. The summed E-state index contributed by atoms with van der Waals surface area (Å²) in [6, 6.07) is 8.62. The smallest absolute Gasteiger partial charge is 0.133 e. The van der Waals surface area contributed by atoms with Crippen LogP contribution in [0.5, 0.6) is 0 Å². The van der Waals surface area contributed by atoms with Gasteiger partial charge in [0.05, 0.1) is 12.0 Å². The molecule has 3 heteroatoms. The molecule has 0 amide bonds. The van der Waals surface area contributed by atoms with Crippen molar-refractivity contribution in [3.8, 4) is 11.3 Å². The van der Waals surface area contributed by atoms with Gasteiger partial charge < -0.3 is 4.98 Å². The molecule has 1 aromatic carbocycles. The van der Waals surface area contributed by atoms with Gasteiger partial charge in [-0.05, 0) is 23.5 Å². The number of H-pyrrole nitrogens is 1. The lowest BCUT2D eigenvalue weighted by Gasteiger charge is -2.12. The summed E-state index contributed by atoms with van der Waals surface area (Å²) in [7, 11) is 0. The van der Waals surface area contributed by atoms with Crippen molar-refractivity contribution in [2.24, 2.45) is 0 Å². The maximum absolute atomic E-state index is 5.33. The minimum absolute atomic E-state index is 0.364. The molecule has 94 valence electrons. The van der Waals surface area contributed by atoms with Crippen molar-refractivity contribution in [2.75, 3.05) is 0 Å². The quantitative estimate of drug-likeness (QED) is 0.822. The van der Waals surface area contributed by atoms with Crippen LogP contribution in [-0.4, -0.2) is 9.97 Å². The van der Waals surface area contributed by atoms with Crippen LogP contribution >= 0.6 is 12.2 Å². The Morgan fingerprint density at radius 3 is 2.44 bits per heavy atom. The molecule has 18 heavy (non-hydrogen) atoms. The molecule has 0 saturated carbocycles. The van der Waals surface area contributed by atoms with Crippen LogP contribution in [0.4, 0.5) is 0 Å². The lowest BCUT2D eigenvalue weighted by Crippen LogP contribution is -1.98. The van der Waals surface area contributed by atoms with E-state index in [4.69, 9.17) is 12.2 Å². The number of aromatic amines is 1. The summed E-state index contributed by atoms with van der Waals surface area (Å²) in [5.41, 5.74) is 4.73. The normalized spacial score (nSPS) is 10.9. The third-order valence-electron chi connectivity index (χ3n) is 3.12. The second kappa shape index (κ2) is 5.44. The summed E-state index contributed by atoms with van der Waals surface area (Å²) in [6.07, 6.45) is 2.74. The molecular formula is C15H18N2S. The van der Waals surface area contributed by atoms with E-state index < -0.39 is 0 Å². The summed E-state index contributed by atoms with van der Waals surface area (Å²) in [6.45, 7) is 6.45. The molecule has 1 heterocycles. The highest BCUT2D eigenvalue weighted by molar-refractivity contribution is 7.71. The molecule has 0 aliphatic rings. The van der Waals surface area contributed by atoms with Gasteiger partial charge in [-0.15, -0.1) is 0 Å². The largest absolute Gasteiger partial charge is 0.346 e. The molecule has 0 atom stereocenters. The van der Waals surface area contributed by atoms with Gasteiger partial charge in [0.1, 0.15) is 4.64 Å². The number of nitrogens with one attached hydrogen (secondary N) is 1. The predicted octanol–water partition coefficient (Wildman–Crippen LogP) is 4.49. The fourth-order valence-corrected chi connectivity index (χ4v) is 2.48. The zero-order chi connectivity index (χ0) is 13.1. The maximum atomic E-state index is 5.33. The molecule has 1 N–H and O–H groups in total. The van der Waals surface area contributed by atoms with E-state index in [2.05, 4.69) is 55.0 Å². The Kier molecular flexibility index (Phi) is 3.92. The van der Waals surface area contributed by atoms with Crippen molar-refractivity contribution in [3.63, 3.8) is 0 Å². The minimum atomic E-state index is 0.364. The van der Waals surface area contributed by atoms with Crippen LogP contribution in [0.25, 0.3) is 11.3 Å². The SMILES string of the molecule is CCc1ccc(-c2[nH]cnc(=S)c2C(C)C)cc1. The number of hydrogen-bond donors (Lipinski definition) is 1. The van der Waals surface area contributed by atoms with Crippen molar-refractivity contribution >= 4 is 12.2 Å². The number of aryl methyl sites for hydroxylation is 1. The van der Waals surface area contributed by atoms with Gasteiger partial charge in [-0.2, -0.15) is 0 Å². The van der Waals surface area contributed by atoms with E-state index >= 15 is 0 Å². The van der Waals surface area contributed by atoms with Crippen molar-refractivity contribution in [1.82, 2.24) is 9.97 Å². The third-order valence-corrected chi connectivity index (χ3v) is 3.44. The van der Waals surface area contributed by atoms with Crippen molar-refractivity contribution in [3.05, 3.63) is 46.4 Å². The number of nitrogens with zero attached hydrogens (tertiary/aromatic N) is 1. The van der Waals surface area contributed by atoms with Gasteiger partial charge in [-0.1, -0.05) is 57.3 Å². The predicted molar refractivity (Wildman–Crippen MR) is 78.3 cm³/mol. The first-order valence-corrected chi connectivity index (χ1v) is 6.71. The lowest BCUT2D eigenvalue weighted by atomic mass is 9.98. The number of benzene rings is 1. The number of aromatic nitrogens is 2. The molecule has 0 radical (unpaired) electrons. The average Bonchev–Trinajstić information content (AvgIpc) is 2.38. The van der Waals surface area contributed by atoms with E-state index in [-0.39, 0.29) is 0 Å². The van der Waals surface area contributed by atoms with Crippen LogP contribution in [0.2, 0.25) is 0 Å². The van der Waals surface area contributed by atoms with Gasteiger partial charge in [0.25, 0.3) is 0 Å². The summed E-state index contributed by atoms with van der Waals surface area (Å²) in [4.78, 5) is 7.41. The maximum Gasteiger partial charge on any atom is 0.133 e. The fourth-order valence-electron chi connectivity index (χ4n) is 2.09. The van der Waals surface area contributed by atoms with E-state index in [1.54, 1.807) is 6.33 Å². The molecule has 2 aromatic rings. The summed E-state index contributed by atoms with van der Waals surface area (Å²) in [5, 5.41) is 0. The van der Waals surface area contributed by atoms with E-state index in [1.807, 2.05) is 0 Å². The topological polar surface area (TPSA) is 28.7 Å². The second-order valence-electron chi connectivity index (χ2n) is 4.70. The molecule has 0 spiro atoms. The first-order chi connectivity index (χ1) is 8.63. The Balaban J connectivity index is 2.56. The van der Waals surface area contributed by atoms with Crippen LogP contribution in [0, 0.1) is 4.64 Å². The highest BCUT2D eigenvalue weighted by Crippen LogP contribution is 2.27. The number of hydrogen-bond acceptors (Lipinski definition) is 2. The van der Waals surface area contributed by atoms with Crippen molar-refractivity contribution < 1.29 is 0 Å². The Hall–Kier alpha value is -1.48. The van der Waals surface area contributed by atoms with Crippen LogP contribution in [0.15, 0.2) is 30.6 Å². The van der Waals surface area contributed by atoms with Crippen LogP contribution in [-0.2, 0) is 6.42 Å². The Morgan fingerprint density at radius 1 is 1.22 bits per heavy atom. The molecule has 2 rings (SSSR count). The zero-order valence-electron chi connectivity index (χ0n) is 11.0. The molecule has 0 bridgehead atoms. The summed E-state index contributed by atoms with van der Waals surface area (Å²) < 4.78 is 0.693. The molecule has 0 fully saturated rings. The average molecular weight is 258 g/mol. The Bertz CT molecular complexity index is 582. The Labute approximate surface area is 113 Å². The van der Waals surface area contributed by atoms with E-state index in [0.29, 0.717) is 10.6 Å². The fraction of sp³-hybridized carbons (Fsp3) is 0.333. The van der Waals surface area contributed by atoms with Crippen LogP contribution < -0.4 is 0 Å². The van der Waals surface area contributed by atoms with Gasteiger partial charge in [0.2, 0.25) is 0 Å². The van der Waals surface area contributed by atoms with Crippen LogP contribution in [0.3, 0.4) is 0 Å². The third kappa shape index (κ3) is 2.51. The van der Waals surface area contributed by atoms with E-state index in [1.165, 1.54) is 11.1 Å². The van der Waals surface area contributed by atoms with Crippen LogP contribution in [0.1, 0.15) is 37.8 Å². The minimum Gasteiger partial charge on any atom is -0.346 e. The molecule has 0 aliphatic carbocycles. The molecular weight excluding hydrogens is 240 g/mol. The molecule has 0 aliphatic heterocycles. The van der Waals surface area contributed by atoms with Gasteiger partial charge >= 0.3 is 0 Å². The van der Waals surface area contributed by atoms with Crippen molar-refractivity contribution in [2.45, 2.75) is 33.1 Å². The monoisotopic (exact) mass is 258 g/mol. The summed E-state index contributed by atoms with van der Waals surface area (Å²) in [5.74, 6) is 0.364. The van der Waals surface area contributed by atoms with Crippen molar-refractivity contribution in [1.29, 1.82) is 0 Å². The van der Waals surface area contributed by atoms with Gasteiger partial charge in [0.15, 0.2) is 0 Å². The van der Waals surface area contributed by atoms with Gasteiger partial charge in [-0.3, -0.25) is 0 Å². The first-order valence-electron chi connectivity index (χ1n) is 6.30. The van der Waals surface area contributed by atoms with Gasteiger partial charge in [-0.25, -0.2) is 4.98 Å².